The van der Waals surface area contributed by atoms with Gasteiger partial charge >= 0.3 is 0 Å². The molecule has 22 heavy (non-hydrogen) atoms. The number of carbonyl (C=O) groups excluding carboxylic acids is 1. The van der Waals surface area contributed by atoms with Crippen molar-refractivity contribution in [2.75, 3.05) is 11.9 Å². The van der Waals surface area contributed by atoms with Crippen molar-refractivity contribution in [1.82, 2.24) is 0 Å². The highest BCUT2D eigenvalue weighted by atomic mass is 16.5. The van der Waals surface area contributed by atoms with Crippen LogP contribution < -0.4 is 10.1 Å². The molecule has 1 aromatic rings. The number of rotatable bonds is 8. The Morgan fingerprint density at radius 3 is 2.59 bits per heavy atom. The quantitative estimate of drug-likeness (QED) is 0.734. The molecule has 0 bridgehead atoms. The summed E-state index contributed by atoms with van der Waals surface area (Å²) in [7, 11) is 0. The minimum absolute atomic E-state index is 0.111. The number of anilines is 1. The predicted molar refractivity (Wildman–Crippen MR) is 88.3 cm³/mol. The van der Waals surface area contributed by atoms with Crippen LogP contribution in [-0.4, -0.2) is 24.7 Å². The molecule has 0 heterocycles. The maximum absolute atomic E-state index is 12.0. The van der Waals surface area contributed by atoms with Gasteiger partial charge in [0.2, 0.25) is 0 Å². The summed E-state index contributed by atoms with van der Waals surface area (Å²) in [5, 5.41) is 2.87. The smallest absolute Gasteiger partial charge is 0.253 e. The fourth-order valence-corrected chi connectivity index (χ4v) is 2.54. The summed E-state index contributed by atoms with van der Waals surface area (Å²) in [5.74, 6) is 0.762. The molecule has 1 atom stereocenters. The molecule has 0 aliphatic heterocycles. The Kier molecular flexibility index (Phi) is 6.72. The molecular formula is C18H27NO3. The molecule has 4 nitrogen and oxygen atoms in total. The summed E-state index contributed by atoms with van der Waals surface area (Å²) >= 11 is 0. The molecule has 1 aliphatic carbocycles. The van der Waals surface area contributed by atoms with E-state index in [0.717, 1.165) is 37.1 Å². The highest BCUT2D eigenvalue weighted by Crippen LogP contribution is 2.25. The third-order valence-electron chi connectivity index (χ3n) is 3.96. The van der Waals surface area contributed by atoms with Crippen molar-refractivity contribution in [2.45, 2.75) is 64.6 Å². The molecule has 0 saturated heterocycles. The average Bonchev–Trinajstić information content (AvgIpc) is 3.02. The van der Waals surface area contributed by atoms with E-state index < -0.39 is 6.10 Å². The van der Waals surface area contributed by atoms with Gasteiger partial charge in [-0.25, -0.2) is 0 Å². The first-order valence-corrected chi connectivity index (χ1v) is 8.38. The van der Waals surface area contributed by atoms with Crippen molar-refractivity contribution in [1.29, 1.82) is 0 Å². The molecule has 1 fully saturated rings. The minimum atomic E-state index is -0.430. The molecule has 122 valence electrons. The second-order valence-electron chi connectivity index (χ2n) is 5.90. The maximum Gasteiger partial charge on any atom is 0.253 e. The topological polar surface area (TPSA) is 47.6 Å². The largest absolute Gasteiger partial charge is 0.490 e. The van der Waals surface area contributed by atoms with Crippen molar-refractivity contribution in [3.8, 4) is 5.75 Å². The van der Waals surface area contributed by atoms with Gasteiger partial charge in [-0.1, -0.05) is 13.3 Å². The lowest BCUT2D eigenvalue weighted by Gasteiger charge is -2.15. The van der Waals surface area contributed by atoms with Gasteiger partial charge in [-0.2, -0.15) is 0 Å². The first-order chi connectivity index (χ1) is 10.7. The van der Waals surface area contributed by atoms with Crippen LogP contribution in [0, 0.1) is 0 Å². The summed E-state index contributed by atoms with van der Waals surface area (Å²) in [4.78, 5) is 12.0. The van der Waals surface area contributed by atoms with Crippen LogP contribution in [0.15, 0.2) is 24.3 Å². The van der Waals surface area contributed by atoms with Crippen LogP contribution in [0.4, 0.5) is 5.69 Å². The monoisotopic (exact) mass is 305 g/mol. The number of unbranched alkanes of at least 4 members (excludes halogenated alkanes) is 1. The number of hydrogen-bond acceptors (Lipinski definition) is 3. The molecule has 4 heteroatoms. The van der Waals surface area contributed by atoms with E-state index in [0.29, 0.717) is 12.7 Å². The van der Waals surface area contributed by atoms with Gasteiger partial charge in [0, 0.05) is 12.3 Å². The van der Waals surface area contributed by atoms with E-state index in [-0.39, 0.29) is 5.91 Å². The summed E-state index contributed by atoms with van der Waals surface area (Å²) in [5.41, 5.74) is 0.773. The molecular weight excluding hydrogens is 278 g/mol. The lowest BCUT2D eigenvalue weighted by molar-refractivity contribution is -0.126. The molecule has 2 rings (SSSR count). The number of amides is 1. The third kappa shape index (κ3) is 5.34. The van der Waals surface area contributed by atoms with E-state index in [2.05, 4.69) is 12.2 Å². The molecule has 1 unspecified atom stereocenters. The van der Waals surface area contributed by atoms with Crippen molar-refractivity contribution in [3.05, 3.63) is 24.3 Å². The average molecular weight is 305 g/mol. The number of hydrogen-bond donors (Lipinski definition) is 1. The molecule has 1 saturated carbocycles. The Bertz CT molecular complexity index is 452. The number of benzene rings is 1. The molecule has 0 radical (unpaired) electrons. The second kappa shape index (κ2) is 8.79. The Hall–Kier alpha value is -1.55. The zero-order chi connectivity index (χ0) is 15.8. The van der Waals surface area contributed by atoms with Crippen LogP contribution in [0.25, 0.3) is 0 Å². The second-order valence-corrected chi connectivity index (χ2v) is 5.90. The zero-order valence-corrected chi connectivity index (χ0v) is 13.6. The van der Waals surface area contributed by atoms with Crippen molar-refractivity contribution in [2.24, 2.45) is 0 Å². The maximum atomic E-state index is 12.0. The van der Waals surface area contributed by atoms with Gasteiger partial charge in [-0.3, -0.25) is 4.79 Å². The Balaban J connectivity index is 1.78. The highest BCUT2D eigenvalue weighted by molar-refractivity contribution is 5.93. The van der Waals surface area contributed by atoms with Crippen molar-refractivity contribution < 1.29 is 14.3 Å². The zero-order valence-electron chi connectivity index (χ0n) is 13.6. The molecule has 1 amide bonds. The van der Waals surface area contributed by atoms with E-state index in [1.165, 1.54) is 12.8 Å². The highest BCUT2D eigenvalue weighted by Gasteiger charge is 2.16. The van der Waals surface area contributed by atoms with Crippen molar-refractivity contribution >= 4 is 11.6 Å². The van der Waals surface area contributed by atoms with Gasteiger partial charge in [-0.15, -0.1) is 0 Å². The summed E-state index contributed by atoms with van der Waals surface area (Å²) < 4.78 is 11.4. The first kappa shape index (κ1) is 16.8. The van der Waals surface area contributed by atoms with E-state index in [4.69, 9.17) is 9.47 Å². The minimum Gasteiger partial charge on any atom is -0.490 e. The Morgan fingerprint density at radius 1 is 1.27 bits per heavy atom. The SMILES string of the molecule is CCCCOC(C)C(=O)Nc1ccc(OC2CCCC2)cc1. The van der Waals surface area contributed by atoms with E-state index in [9.17, 15) is 4.79 Å². The van der Waals surface area contributed by atoms with Gasteiger partial charge in [0.15, 0.2) is 0 Å². The number of nitrogens with one attached hydrogen (secondary N) is 1. The fourth-order valence-electron chi connectivity index (χ4n) is 2.54. The standard InChI is InChI=1S/C18H27NO3/c1-3-4-13-21-14(2)18(20)19-15-9-11-17(12-10-15)22-16-7-5-6-8-16/h9-12,14,16H,3-8,13H2,1-2H3,(H,19,20). The fraction of sp³-hybridized carbons (Fsp3) is 0.611. The molecule has 1 N–H and O–H groups in total. The molecule has 1 aliphatic rings. The van der Waals surface area contributed by atoms with Crippen molar-refractivity contribution in [3.63, 3.8) is 0 Å². The first-order valence-electron chi connectivity index (χ1n) is 8.38. The van der Waals surface area contributed by atoms with Gasteiger partial charge in [0.25, 0.3) is 5.91 Å². The van der Waals surface area contributed by atoms with E-state index in [1.807, 2.05) is 24.3 Å². The third-order valence-corrected chi connectivity index (χ3v) is 3.96. The van der Waals surface area contributed by atoms with Gasteiger partial charge in [0.05, 0.1) is 6.10 Å². The Morgan fingerprint density at radius 2 is 1.95 bits per heavy atom. The molecule has 0 aromatic heterocycles. The van der Waals surface area contributed by atoms with Gasteiger partial charge in [-0.05, 0) is 63.3 Å². The van der Waals surface area contributed by atoms with Crippen LogP contribution in [0.2, 0.25) is 0 Å². The summed E-state index contributed by atoms with van der Waals surface area (Å²) in [6.07, 6.45) is 6.77. The predicted octanol–water partition coefficient (Wildman–Crippen LogP) is 4.15. The van der Waals surface area contributed by atoms with Gasteiger partial charge < -0.3 is 14.8 Å². The Labute approximate surface area is 133 Å². The molecule has 0 spiro atoms. The van der Waals surface area contributed by atoms with E-state index in [1.54, 1.807) is 6.92 Å². The molecule has 1 aromatic carbocycles. The lowest BCUT2D eigenvalue weighted by atomic mass is 10.2. The van der Waals surface area contributed by atoms with Crippen LogP contribution in [-0.2, 0) is 9.53 Å². The van der Waals surface area contributed by atoms with Gasteiger partial charge in [0.1, 0.15) is 11.9 Å². The number of ether oxygens (including phenoxy) is 2. The van der Waals surface area contributed by atoms with E-state index >= 15 is 0 Å². The number of carbonyl (C=O) groups is 1. The summed E-state index contributed by atoms with van der Waals surface area (Å²) in [6, 6.07) is 7.58. The van der Waals surface area contributed by atoms with Crippen LogP contribution >= 0.6 is 0 Å². The van der Waals surface area contributed by atoms with Crippen LogP contribution in [0.3, 0.4) is 0 Å². The van der Waals surface area contributed by atoms with Crippen LogP contribution in [0.1, 0.15) is 52.4 Å². The van der Waals surface area contributed by atoms with Crippen LogP contribution in [0.5, 0.6) is 5.75 Å². The summed E-state index contributed by atoms with van der Waals surface area (Å²) in [6.45, 7) is 4.51. The normalized spacial score (nSPS) is 16.5. The lowest BCUT2D eigenvalue weighted by Crippen LogP contribution is -2.28.